The highest BCUT2D eigenvalue weighted by molar-refractivity contribution is 6.04. The van der Waals surface area contributed by atoms with Crippen molar-refractivity contribution in [1.82, 2.24) is 4.98 Å². The molecule has 0 fully saturated rings. The maximum atomic E-state index is 12.2. The first kappa shape index (κ1) is 12.8. The molecule has 2 aromatic rings. The maximum Gasteiger partial charge on any atom is 0.276 e. The molecule has 1 amide bonds. The molecule has 2 rings (SSSR count). The highest BCUT2D eigenvalue weighted by Gasteiger charge is 2.14. The van der Waals surface area contributed by atoms with Gasteiger partial charge in [-0.05, 0) is 31.2 Å². The van der Waals surface area contributed by atoms with Crippen molar-refractivity contribution in [3.05, 3.63) is 59.4 Å². The minimum absolute atomic E-state index is 0.201. The van der Waals surface area contributed by atoms with Gasteiger partial charge in [-0.3, -0.25) is 4.79 Å². The van der Waals surface area contributed by atoms with Gasteiger partial charge in [0.25, 0.3) is 5.91 Å². The Bertz CT molecular complexity index is 624. The van der Waals surface area contributed by atoms with Gasteiger partial charge in [0.15, 0.2) is 0 Å². The Morgan fingerprint density at radius 3 is 2.42 bits per heavy atom. The molecule has 0 saturated heterocycles. The Kier molecular flexibility index (Phi) is 3.58. The van der Waals surface area contributed by atoms with E-state index >= 15 is 0 Å². The highest BCUT2D eigenvalue weighted by atomic mass is 16.2. The zero-order valence-corrected chi connectivity index (χ0v) is 10.8. The molecule has 94 valence electrons. The van der Waals surface area contributed by atoms with E-state index in [2.05, 4.69) is 4.98 Å². The number of pyridine rings is 1. The summed E-state index contributed by atoms with van der Waals surface area (Å²) in [4.78, 5) is 17.7. The van der Waals surface area contributed by atoms with Crippen LogP contribution in [-0.4, -0.2) is 17.9 Å². The smallest absolute Gasteiger partial charge is 0.276 e. The highest BCUT2D eigenvalue weighted by Crippen LogP contribution is 2.15. The van der Waals surface area contributed by atoms with E-state index in [-0.39, 0.29) is 5.91 Å². The molecular formula is C15H13N3O. The molecule has 0 radical (unpaired) electrons. The summed E-state index contributed by atoms with van der Waals surface area (Å²) in [5.74, 6) is -0.201. The summed E-state index contributed by atoms with van der Waals surface area (Å²) >= 11 is 0. The van der Waals surface area contributed by atoms with Crippen LogP contribution < -0.4 is 4.90 Å². The minimum Gasteiger partial charge on any atom is -0.310 e. The van der Waals surface area contributed by atoms with E-state index in [1.165, 1.54) is 11.1 Å². The average Bonchev–Trinajstić information content (AvgIpc) is 2.46. The second kappa shape index (κ2) is 5.32. The van der Waals surface area contributed by atoms with Crippen LogP contribution in [0.25, 0.3) is 0 Å². The molecule has 4 heteroatoms. The van der Waals surface area contributed by atoms with Crippen LogP contribution in [0.2, 0.25) is 0 Å². The summed E-state index contributed by atoms with van der Waals surface area (Å²) in [6.07, 6.45) is 1.40. The van der Waals surface area contributed by atoms with Crippen molar-refractivity contribution in [2.24, 2.45) is 0 Å². The zero-order valence-electron chi connectivity index (χ0n) is 10.8. The fraction of sp³-hybridized carbons (Fsp3) is 0.133. The molecule has 1 aromatic heterocycles. The summed E-state index contributed by atoms with van der Waals surface area (Å²) in [7, 11) is 1.70. The Morgan fingerprint density at radius 2 is 1.89 bits per heavy atom. The Labute approximate surface area is 111 Å². The predicted octanol–water partition coefficient (Wildman–Crippen LogP) is 2.54. The van der Waals surface area contributed by atoms with Gasteiger partial charge in [0.1, 0.15) is 11.8 Å². The lowest BCUT2D eigenvalue weighted by Gasteiger charge is -2.16. The third-order valence-electron chi connectivity index (χ3n) is 2.84. The molecular weight excluding hydrogens is 238 g/mol. The van der Waals surface area contributed by atoms with E-state index in [1.54, 1.807) is 19.2 Å². The van der Waals surface area contributed by atoms with Gasteiger partial charge in [0, 0.05) is 18.9 Å². The van der Waals surface area contributed by atoms with Crippen LogP contribution in [-0.2, 0) is 0 Å². The lowest BCUT2D eigenvalue weighted by atomic mass is 10.2. The summed E-state index contributed by atoms with van der Waals surface area (Å²) in [5, 5.41) is 8.69. The quantitative estimate of drug-likeness (QED) is 0.824. The molecule has 19 heavy (non-hydrogen) atoms. The standard InChI is InChI=1S/C15H13N3O/c1-11-3-6-13(7-4-11)18(2)15(19)14-8-5-12(9-16)10-17-14/h3-8,10H,1-2H3. The van der Waals surface area contributed by atoms with Crippen LogP contribution in [0, 0.1) is 18.3 Å². The molecule has 0 spiro atoms. The Balaban J connectivity index is 2.23. The van der Waals surface area contributed by atoms with Crippen molar-refractivity contribution in [3.63, 3.8) is 0 Å². The maximum absolute atomic E-state index is 12.2. The van der Waals surface area contributed by atoms with Gasteiger partial charge >= 0.3 is 0 Å². The van der Waals surface area contributed by atoms with E-state index in [0.717, 1.165) is 11.3 Å². The number of amides is 1. The molecule has 0 N–H and O–H groups in total. The lowest BCUT2D eigenvalue weighted by molar-refractivity contribution is 0.0988. The number of rotatable bonds is 2. The number of aryl methyl sites for hydroxylation is 1. The van der Waals surface area contributed by atoms with Crippen molar-refractivity contribution >= 4 is 11.6 Å². The molecule has 1 heterocycles. The molecule has 0 aliphatic heterocycles. The number of hydrogen-bond donors (Lipinski definition) is 0. The van der Waals surface area contributed by atoms with Gasteiger partial charge in [-0.1, -0.05) is 17.7 Å². The normalized spacial score (nSPS) is 9.74. The zero-order chi connectivity index (χ0) is 13.8. The van der Waals surface area contributed by atoms with E-state index in [0.29, 0.717) is 11.3 Å². The second-order valence-electron chi connectivity index (χ2n) is 4.24. The number of carbonyl (C=O) groups excluding carboxylic acids is 1. The van der Waals surface area contributed by atoms with E-state index < -0.39 is 0 Å². The van der Waals surface area contributed by atoms with Crippen LogP contribution >= 0.6 is 0 Å². The molecule has 0 aliphatic carbocycles. The first-order valence-corrected chi connectivity index (χ1v) is 5.82. The number of aromatic nitrogens is 1. The molecule has 4 nitrogen and oxygen atoms in total. The summed E-state index contributed by atoms with van der Waals surface area (Å²) in [5.41, 5.74) is 2.71. The molecule has 0 saturated carbocycles. The number of benzene rings is 1. The molecule has 1 aromatic carbocycles. The van der Waals surface area contributed by atoms with Gasteiger partial charge in [-0.25, -0.2) is 4.98 Å². The fourth-order valence-corrected chi connectivity index (χ4v) is 1.64. The van der Waals surface area contributed by atoms with Crippen LogP contribution in [0.3, 0.4) is 0 Å². The number of nitrogens with zero attached hydrogens (tertiary/aromatic N) is 3. The number of nitriles is 1. The van der Waals surface area contributed by atoms with Crippen molar-refractivity contribution < 1.29 is 4.79 Å². The first-order chi connectivity index (χ1) is 9.11. The van der Waals surface area contributed by atoms with Crippen LogP contribution in [0.15, 0.2) is 42.6 Å². The van der Waals surface area contributed by atoms with E-state index in [9.17, 15) is 4.79 Å². The first-order valence-electron chi connectivity index (χ1n) is 5.82. The van der Waals surface area contributed by atoms with Gasteiger partial charge in [-0.15, -0.1) is 0 Å². The number of carbonyl (C=O) groups is 1. The van der Waals surface area contributed by atoms with Crippen LogP contribution in [0.4, 0.5) is 5.69 Å². The number of hydrogen-bond acceptors (Lipinski definition) is 3. The van der Waals surface area contributed by atoms with Gasteiger partial charge in [0.2, 0.25) is 0 Å². The van der Waals surface area contributed by atoms with E-state index in [1.807, 2.05) is 37.3 Å². The lowest BCUT2D eigenvalue weighted by Crippen LogP contribution is -2.27. The average molecular weight is 251 g/mol. The van der Waals surface area contributed by atoms with Crippen molar-refractivity contribution in [1.29, 1.82) is 5.26 Å². The van der Waals surface area contributed by atoms with Crippen molar-refractivity contribution in [2.45, 2.75) is 6.92 Å². The summed E-state index contributed by atoms with van der Waals surface area (Å²) in [6.45, 7) is 1.99. The van der Waals surface area contributed by atoms with Gasteiger partial charge in [0.05, 0.1) is 5.56 Å². The molecule has 0 bridgehead atoms. The third-order valence-corrected chi connectivity index (χ3v) is 2.84. The monoisotopic (exact) mass is 251 g/mol. The fourth-order valence-electron chi connectivity index (χ4n) is 1.64. The van der Waals surface area contributed by atoms with Crippen molar-refractivity contribution in [3.8, 4) is 6.07 Å². The molecule has 0 atom stereocenters. The molecule has 0 unspecified atom stereocenters. The van der Waals surface area contributed by atoms with Gasteiger partial charge < -0.3 is 4.90 Å². The predicted molar refractivity (Wildman–Crippen MR) is 72.9 cm³/mol. The van der Waals surface area contributed by atoms with Gasteiger partial charge in [-0.2, -0.15) is 5.26 Å². The van der Waals surface area contributed by atoms with Crippen LogP contribution in [0.1, 0.15) is 21.6 Å². The number of anilines is 1. The second-order valence-corrected chi connectivity index (χ2v) is 4.24. The summed E-state index contributed by atoms with van der Waals surface area (Å²) < 4.78 is 0. The van der Waals surface area contributed by atoms with Crippen molar-refractivity contribution in [2.75, 3.05) is 11.9 Å². The topological polar surface area (TPSA) is 57.0 Å². The Hall–Kier alpha value is -2.67. The molecule has 0 aliphatic rings. The third kappa shape index (κ3) is 2.78. The largest absolute Gasteiger partial charge is 0.310 e. The van der Waals surface area contributed by atoms with Crippen LogP contribution in [0.5, 0.6) is 0 Å². The van der Waals surface area contributed by atoms with E-state index in [4.69, 9.17) is 5.26 Å². The Morgan fingerprint density at radius 1 is 1.21 bits per heavy atom. The SMILES string of the molecule is Cc1ccc(N(C)C(=O)c2ccc(C#N)cn2)cc1. The minimum atomic E-state index is -0.201. The summed E-state index contributed by atoms with van der Waals surface area (Å²) in [6, 6.07) is 12.8.